The molecule has 1 heterocycles. The summed E-state index contributed by atoms with van der Waals surface area (Å²) < 4.78 is 26.5. The van der Waals surface area contributed by atoms with Crippen LogP contribution in [0.5, 0.6) is 0 Å². The molecule has 1 atom stereocenters. The second kappa shape index (κ2) is 8.25. The highest BCUT2D eigenvalue weighted by Crippen LogP contribution is 2.19. The number of hydrogen-bond acceptors (Lipinski definition) is 4. The van der Waals surface area contributed by atoms with Gasteiger partial charge in [0.1, 0.15) is 17.7 Å². The number of aromatic nitrogens is 1. The smallest absolute Gasteiger partial charge is 0.222 e. The van der Waals surface area contributed by atoms with Gasteiger partial charge < -0.3 is 5.32 Å². The van der Waals surface area contributed by atoms with Gasteiger partial charge in [-0.05, 0) is 18.2 Å². The Labute approximate surface area is 136 Å². The minimum Gasteiger partial charge on any atom is -0.337 e. The molecule has 23 heavy (non-hydrogen) atoms. The predicted octanol–water partition coefficient (Wildman–Crippen LogP) is 3.22. The minimum absolute atomic E-state index is 0.0559. The van der Waals surface area contributed by atoms with Gasteiger partial charge in [0.05, 0.1) is 11.1 Å². The number of carbonyl (C=O) groups excluding carboxylic acids is 1. The molecule has 118 valence electrons. The van der Waals surface area contributed by atoms with Crippen LogP contribution >= 0.6 is 11.8 Å². The van der Waals surface area contributed by atoms with Gasteiger partial charge in [-0.25, -0.2) is 13.8 Å². The number of thioether (sulfide) groups is 1. The van der Waals surface area contributed by atoms with E-state index in [4.69, 9.17) is 5.26 Å². The number of nitrogens with one attached hydrogen (secondary N) is 1. The second-order valence-electron chi connectivity index (χ2n) is 4.56. The van der Waals surface area contributed by atoms with E-state index in [0.717, 1.165) is 17.2 Å². The molecule has 0 saturated heterocycles. The van der Waals surface area contributed by atoms with E-state index in [1.165, 1.54) is 11.8 Å². The Balaban J connectivity index is 1.89. The lowest BCUT2D eigenvalue weighted by Gasteiger charge is -2.12. The van der Waals surface area contributed by atoms with E-state index < -0.39 is 17.7 Å². The molecule has 4 nitrogen and oxygen atoms in total. The van der Waals surface area contributed by atoms with Crippen LogP contribution < -0.4 is 5.32 Å². The highest BCUT2D eigenvalue weighted by atomic mass is 32.2. The standard InChI is InChI=1S/C16H13F2N3OS/c17-11-4-5-12(13(18)9-11)14(10-19)21-15(22)6-8-23-16-3-1-2-7-20-16/h1-5,7,9,14H,6,8H2,(H,21,22)/t14-/m1/s1. The molecule has 1 N–H and O–H groups in total. The molecule has 0 saturated carbocycles. The molecule has 1 aromatic heterocycles. The molecule has 0 aliphatic carbocycles. The van der Waals surface area contributed by atoms with E-state index >= 15 is 0 Å². The number of pyridine rings is 1. The maximum atomic E-state index is 13.7. The Hall–Kier alpha value is -2.46. The fraction of sp³-hybridized carbons (Fsp3) is 0.188. The molecule has 0 aliphatic rings. The summed E-state index contributed by atoms with van der Waals surface area (Å²) in [5.41, 5.74) is -0.0559. The van der Waals surface area contributed by atoms with Gasteiger partial charge >= 0.3 is 0 Å². The van der Waals surface area contributed by atoms with Crippen LogP contribution in [0, 0.1) is 23.0 Å². The molecule has 0 unspecified atom stereocenters. The van der Waals surface area contributed by atoms with E-state index in [9.17, 15) is 13.6 Å². The van der Waals surface area contributed by atoms with Crippen molar-refractivity contribution in [3.63, 3.8) is 0 Å². The summed E-state index contributed by atoms with van der Waals surface area (Å²) >= 11 is 1.41. The van der Waals surface area contributed by atoms with Crippen LogP contribution in [0.2, 0.25) is 0 Å². The number of benzene rings is 1. The zero-order valence-corrected chi connectivity index (χ0v) is 12.8. The van der Waals surface area contributed by atoms with Crippen LogP contribution in [0.25, 0.3) is 0 Å². The van der Waals surface area contributed by atoms with Crippen molar-refractivity contribution in [2.45, 2.75) is 17.5 Å². The molecular weight excluding hydrogens is 320 g/mol. The summed E-state index contributed by atoms with van der Waals surface area (Å²) in [6.45, 7) is 0. The summed E-state index contributed by atoms with van der Waals surface area (Å²) in [6, 6.07) is 9.01. The molecule has 7 heteroatoms. The average Bonchev–Trinajstić information content (AvgIpc) is 2.54. The Morgan fingerprint density at radius 3 is 2.83 bits per heavy atom. The molecule has 0 radical (unpaired) electrons. The lowest BCUT2D eigenvalue weighted by molar-refractivity contribution is -0.121. The second-order valence-corrected chi connectivity index (χ2v) is 5.68. The zero-order valence-electron chi connectivity index (χ0n) is 12.0. The van der Waals surface area contributed by atoms with Crippen molar-refractivity contribution in [2.75, 3.05) is 5.75 Å². The number of carbonyl (C=O) groups is 1. The molecule has 0 bridgehead atoms. The third-order valence-electron chi connectivity index (χ3n) is 2.92. The van der Waals surface area contributed by atoms with E-state index in [-0.39, 0.29) is 17.9 Å². The van der Waals surface area contributed by atoms with Crippen molar-refractivity contribution >= 4 is 17.7 Å². The molecule has 0 spiro atoms. The zero-order chi connectivity index (χ0) is 16.7. The van der Waals surface area contributed by atoms with E-state index in [1.807, 2.05) is 12.1 Å². The number of amides is 1. The van der Waals surface area contributed by atoms with Crippen LogP contribution in [0.3, 0.4) is 0 Å². The lowest BCUT2D eigenvalue weighted by Crippen LogP contribution is -2.28. The highest BCUT2D eigenvalue weighted by molar-refractivity contribution is 7.99. The van der Waals surface area contributed by atoms with Gasteiger partial charge in [0, 0.05) is 30.0 Å². The normalized spacial score (nSPS) is 11.5. The molecule has 1 aromatic carbocycles. The minimum atomic E-state index is -1.15. The number of nitrogens with zero attached hydrogens (tertiary/aromatic N) is 2. The van der Waals surface area contributed by atoms with E-state index in [2.05, 4.69) is 10.3 Å². The molecule has 2 aromatic rings. The highest BCUT2D eigenvalue weighted by Gasteiger charge is 2.18. The largest absolute Gasteiger partial charge is 0.337 e. The SMILES string of the molecule is N#C[C@@H](NC(=O)CCSc1ccccn1)c1ccc(F)cc1F. The summed E-state index contributed by atoms with van der Waals surface area (Å²) in [6.07, 6.45) is 1.81. The third kappa shape index (κ3) is 5.04. The lowest BCUT2D eigenvalue weighted by atomic mass is 10.1. The van der Waals surface area contributed by atoms with Gasteiger partial charge in [0.25, 0.3) is 0 Å². The van der Waals surface area contributed by atoms with Gasteiger partial charge in [-0.3, -0.25) is 4.79 Å². The van der Waals surface area contributed by atoms with Crippen molar-refractivity contribution in [3.05, 3.63) is 59.8 Å². The summed E-state index contributed by atoms with van der Waals surface area (Å²) in [4.78, 5) is 16.0. The van der Waals surface area contributed by atoms with E-state index in [1.54, 1.807) is 18.3 Å². The summed E-state index contributed by atoms with van der Waals surface area (Å²) in [7, 11) is 0. The number of nitriles is 1. The van der Waals surface area contributed by atoms with Crippen molar-refractivity contribution in [2.24, 2.45) is 0 Å². The maximum Gasteiger partial charge on any atom is 0.222 e. The molecule has 0 aliphatic heterocycles. The number of rotatable bonds is 6. The summed E-state index contributed by atoms with van der Waals surface area (Å²) in [5.74, 6) is -1.50. The maximum absolute atomic E-state index is 13.7. The fourth-order valence-electron chi connectivity index (χ4n) is 1.83. The first-order valence-corrected chi connectivity index (χ1v) is 7.76. The first-order valence-electron chi connectivity index (χ1n) is 6.78. The first kappa shape index (κ1) is 16.9. The van der Waals surface area contributed by atoms with Crippen LogP contribution in [0.15, 0.2) is 47.6 Å². The van der Waals surface area contributed by atoms with Crippen LogP contribution in [-0.4, -0.2) is 16.6 Å². The van der Waals surface area contributed by atoms with Gasteiger partial charge in [-0.2, -0.15) is 5.26 Å². The van der Waals surface area contributed by atoms with Gasteiger partial charge in [0.15, 0.2) is 0 Å². The monoisotopic (exact) mass is 333 g/mol. The average molecular weight is 333 g/mol. The van der Waals surface area contributed by atoms with Crippen molar-refractivity contribution in [1.29, 1.82) is 5.26 Å². The van der Waals surface area contributed by atoms with Crippen LogP contribution in [0.4, 0.5) is 8.78 Å². The topological polar surface area (TPSA) is 65.8 Å². The first-order chi connectivity index (χ1) is 11.1. The molecule has 1 amide bonds. The van der Waals surface area contributed by atoms with E-state index in [0.29, 0.717) is 11.8 Å². The molecule has 0 fully saturated rings. The van der Waals surface area contributed by atoms with Gasteiger partial charge in [-0.1, -0.05) is 12.1 Å². The van der Waals surface area contributed by atoms with Crippen molar-refractivity contribution < 1.29 is 13.6 Å². The molecule has 2 rings (SSSR count). The Bertz CT molecular complexity index is 719. The van der Waals surface area contributed by atoms with Crippen LogP contribution in [-0.2, 0) is 4.79 Å². The quantitative estimate of drug-likeness (QED) is 0.824. The molecular formula is C16H13F2N3OS. The summed E-state index contributed by atoms with van der Waals surface area (Å²) in [5, 5.41) is 12.3. The fourth-order valence-corrected chi connectivity index (χ4v) is 2.64. The predicted molar refractivity (Wildman–Crippen MR) is 82.4 cm³/mol. The van der Waals surface area contributed by atoms with Gasteiger partial charge in [-0.15, -0.1) is 11.8 Å². The van der Waals surface area contributed by atoms with Crippen molar-refractivity contribution in [1.82, 2.24) is 10.3 Å². The van der Waals surface area contributed by atoms with Gasteiger partial charge in [0.2, 0.25) is 5.91 Å². The van der Waals surface area contributed by atoms with Crippen molar-refractivity contribution in [3.8, 4) is 6.07 Å². The third-order valence-corrected chi connectivity index (χ3v) is 3.87. The van der Waals surface area contributed by atoms with Crippen LogP contribution in [0.1, 0.15) is 18.0 Å². The number of halogens is 2. The Morgan fingerprint density at radius 2 is 2.17 bits per heavy atom. The number of hydrogen-bond donors (Lipinski definition) is 1. The Morgan fingerprint density at radius 1 is 1.35 bits per heavy atom. The Kier molecular flexibility index (Phi) is 6.06.